The smallest absolute Gasteiger partial charge is 0.273 e. The summed E-state index contributed by atoms with van der Waals surface area (Å²) in [6.45, 7) is 6.54. The van der Waals surface area contributed by atoms with Crippen LogP contribution in [0.25, 0.3) is 10.9 Å². The number of hydrazone groups is 1. The highest BCUT2D eigenvalue weighted by molar-refractivity contribution is 7.90. The molecule has 1 aliphatic rings. The molecule has 4 aromatic rings. The Bertz CT molecular complexity index is 1830. The molecule has 1 aromatic heterocycles. The van der Waals surface area contributed by atoms with Gasteiger partial charge in [-0.15, -0.1) is 0 Å². The molecule has 0 radical (unpaired) electrons. The third-order valence-corrected chi connectivity index (χ3v) is 8.85. The second kappa shape index (κ2) is 10.2. The Morgan fingerprint density at radius 2 is 1.73 bits per heavy atom. The summed E-state index contributed by atoms with van der Waals surface area (Å²) in [6.07, 6.45) is 1.13. The summed E-state index contributed by atoms with van der Waals surface area (Å²) in [4.78, 5) is 26.6. The van der Waals surface area contributed by atoms with Gasteiger partial charge in [-0.25, -0.2) is 21.2 Å². The largest absolute Gasteiger partial charge is 0.325 e. The van der Waals surface area contributed by atoms with E-state index in [0.29, 0.717) is 10.9 Å². The van der Waals surface area contributed by atoms with Gasteiger partial charge in [0, 0.05) is 29.3 Å². The molecule has 0 spiro atoms. The first kappa shape index (κ1) is 28.2. The van der Waals surface area contributed by atoms with Gasteiger partial charge in [0.25, 0.3) is 21.9 Å². The summed E-state index contributed by atoms with van der Waals surface area (Å²) in [5.74, 6) is -5.70. The van der Waals surface area contributed by atoms with E-state index in [1.807, 2.05) is 6.92 Å². The molecule has 1 N–H and O–H groups in total. The van der Waals surface area contributed by atoms with Gasteiger partial charge in [0.15, 0.2) is 5.92 Å². The Hall–Kier alpha value is -4.38. The Morgan fingerprint density at radius 1 is 1.02 bits per heavy atom. The molecule has 0 saturated heterocycles. The monoisotopic (exact) mass is 578 g/mol. The van der Waals surface area contributed by atoms with Crippen molar-refractivity contribution < 1.29 is 26.8 Å². The number of carbonyl (C=O) groups excluding carboxylic acids is 2. The Balaban J connectivity index is 1.45. The first-order valence-electron chi connectivity index (χ1n) is 13.0. The predicted octanol–water partition coefficient (Wildman–Crippen LogP) is 5.97. The van der Waals surface area contributed by atoms with E-state index in [-0.39, 0.29) is 27.5 Å². The van der Waals surface area contributed by atoms with E-state index in [1.54, 1.807) is 37.3 Å². The summed E-state index contributed by atoms with van der Waals surface area (Å²) < 4.78 is 56.5. The van der Waals surface area contributed by atoms with Crippen LogP contribution in [0, 0.1) is 19.8 Å². The molecule has 0 bridgehead atoms. The van der Waals surface area contributed by atoms with Gasteiger partial charge in [0.1, 0.15) is 0 Å². The van der Waals surface area contributed by atoms with Crippen LogP contribution < -0.4 is 10.3 Å². The fourth-order valence-electron chi connectivity index (χ4n) is 4.80. The van der Waals surface area contributed by atoms with Crippen molar-refractivity contribution in [2.24, 2.45) is 11.0 Å². The molecule has 2 amide bonds. The molecule has 1 unspecified atom stereocenters. The summed E-state index contributed by atoms with van der Waals surface area (Å²) in [5, 5.41) is 8.58. The van der Waals surface area contributed by atoms with Crippen LogP contribution in [0.3, 0.4) is 0 Å². The Kier molecular flexibility index (Phi) is 7.02. The van der Waals surface area contributed by atoms with Crippen molar-refractivity contribution in [1.29, 1.82) is 0 Å². The molecule has 212 valence electrons. The van der Waals surface area contributed by atoms with E-state index in [0.717, 1.165) is 16.1 Å². The van der Waals surface area contributed by atoms with Gasteiger partial charge in [-0.2, -0.15) is 10.1 Å². The van der Waals surface area contributed by atoms with Crippen molar-refractivity contribution in [2.45, 2.75) is 44.9 Å². The fraction of sp³-hybridized carbons (Fsp3) is 0.233. The van der Waals surface area contributed by atoms with Crippen LogP contribution in [0.15, 0.2) is 82.9 Å². The zero-order chi connectivity index (χ0) is 29.7. The fourth-order valence-corrected chi connectivity index (χ4v) is 6.21. The topological polar surface area (TPSA) is 101 Å². The van der Waals surface area contributed by atoms with E-state index < -0.39 is 40.1 Å². The first-order valence-corrected chi connectivity index (χ1v) is 14.4. The van der Waals surface area contributed by atoms with Gasteiger partial charge in [-0.05, 0) is 62.7 Å². The number of alkyl halides is 2. The van der Waals surface area contributed by atoms with Crippen molar-refractivity contribution in [2.75, 3.05) is 10.3 Å². The van der Waals surface area contributed by atoms with E-state index >= 15 is 0 Å². The normalized spacial score (nSPS) is 15.9. The SMILES string of the molecule is CCC(F)(F)c1cccc(NC(=O)C2C(=O)N(c3ccc4c(C)cn(S(=O)(=O)c5ccc(C)cc5)c4c3)N=C2C)c1. The third-order valence-electron chi connectivity index (χ3n) is 7.17. The lowest BCUT2D eigenvalue weighted by Gasteiger charge is -2.17. The molecular weight excluding hydrogens is 550 g/mol. The van der Waals surface area contributed by atoms with Gasteiger partial charge >= 0.3 is 0 Å². The number of rotatable bonds is 7. The lowest BCUT2D eigenvalue weighted by atomic mass is 10.0. The maximum Gasteiger partial charge on any atom is 0.273 e. The molecular formula is C30H28F2N4O4S. The zero-order valence-corrected chi connectivity index (χ0v) is 23.7. The zero-order valence-electron chi connectivity index (χ0n) is 22.9. The van der Waals surface area contributed by atoms with Crippen LogP contribution in [0.2, 0.25) is 0 Å². The highest BCUT2D eigenvalue weighted by atomic mass is 32.2. The van der Waals surface area contributed by atoms with Crippen molar-refractivity contribution in [3.8, 4) is 0 Å². The first-order chi connectivity index (χ1) is 19.3. The standard InChI is InChI=1S/C30H28F2N4O4S/c1-5-30(31,32)21-7-6-8-22(15-21)33-28(37)27-20(4)34-36(29(27)38)23-11-14-25-19(3)17-35(26(25)16-23)41(39,40)24-12-9-18(2)10-13-24/h6-17,27H,5H2,1-4H3,(H,33,37). The molecule has 1 atom stereocenters. The van der Waals surface area contributed by atoms with Gasteiger partial charge in [-0.1, -0.05) is 42.8 Å². The minimum atomic E-state index is -3.94. The third kappa shape index (κ3) is 5.01. The van der Waals surface area contributed by atoms with Gasteiger partial charge in [0.05, 0.1) is 21.8 Å². The number of nitrogens with zero attached hydrogens (tertiary/aromatic N) is 3. The van der Waals surface area contributed by atoms with E-state index in [9.17, 15) is 26.8 Å². The van der Waals surface area contributed by atoms with E-state index in [1.165, 1.54) is 60.4 Å². The number of halogens is 2. The molecule has 3 aromatic carbocycles. The quantitative estimate of drug-likeness (QED) is 0.273. The minimum Gasteiger partial charge on any atom is -0.325 e. The number of aromatic nitrogens is 1. The highest BCUT2D eigenvalue weighted by Gasteiger charge is 2.40. The summed E-state index contributed by atoms with van der Waals surface area (Å²) in [5.41, 5.74) is 2.38. The van der Waals surface area contributed by atoms with Crippen LogP contribution in [0.1, 0.15) is 37.0 Å². The van der Waals surface area contributed by atoms with Crippen molar-refractivity contribution in [3.05, 3.63) is 89.6 Å². The maximum absolute atomic E-state index is 14.2. The average molecular weight is 579 g/mol. The summed E-state index contributed by atoms with van der Waals surface area (Å²) in [7, 11) is -3.94. The molecule has 1 aliphatic heterocycles. The van der Waals surface area contributed by atoms with Crippen molar-refractivity contribution in [3.63, 3.8) is 0 Å². The number of hydrogen-bond donors (Lipinski definition) is 1. The van der Waals surface area contributed by atoms with E-state index in [4.69, 9.17) is 0 Å². The van der Waals surface area contributed by atoms with Gasteiger partial charge in [0.2, 0.25) is 5.91 Å². The van der Waals surface area contributed by atoms with E-state index in [2.05, 4.69) is 10.4 Å². The average Bonchev–Trinajstić information content (AvgIpc) is 3.44. The summed E-state index contributed by atoms with van der Waals surface area (Å²) >= 11 is 0. The Labute approximate surface area is 236 Å². The lowest BCUT2D eigenvalue weighted by molar-refractivity contribution is -0.127. The van der Waals surface area contributed by atoms with Crippen LogP contribution in [-0.2, 0) is 25.5 Å². The van der Waals surface area contributed by atoms with Crippen molar-refractivity contribution in [1.82, 2.24) is 3.97 Å². The van der Waals surface area contributed by atoms with Gasteiger partial charge in [-0.3, -0.25) is 9.59 Å². The molecule has 41 heavy (non-hydrogen) atoms. The van der Waals surface area contributed by atoms with Crippen LogP contribution in [0.4, 0.5) is 20.2 Å². The number of nitrogens with one attached hydrogen (secondary N) is 1. The number of fused-ring (bicyclic) bond motifs is 1. The molecule has 5 rings (SSSR count). The van der Waals surface area contributed by atoms with Crippen LogP contribution in [0.5, 0.6) is 0 Å². The van der Waals surface area contributed by atoms with Gasteiger partial charge < -0.3 is 5.32 Å². The lowest BCUT2D eigenvalue weighted by Crippen LogP contribution is -2.36. The summed E-state index contributed by atoms with van der Waals surface area (Å²) in [6, 6.07) is 16.7. The second-order valence-corrected chi connectivity index (χ2v) is 11.9. The predicted molar refractivity (Wildman–Crippen MR) is 154 cm³/mol. The minimum absolute atomic E-state index is 0.119. The molecule has 0 fully saturated rings. The van der Waals surface area contributed by atoms with Crippen LogP contribution >= 0.6 is 0 Å². The number of benzene rings is 3. The number of hydrogen-bond acceptors (Lipinski definition) is 5. The Morgan fingerprint density at radius 3 is 2.41 bits per heavy atom. The molecule has 0 saturated carbocycles. The number of amides is 2. The molecule has 11 heteroatoms. The molecule has 0 aliphatic carbocycles. The molecule has 8 nitrogen and oxygen atoms in total. The molecule has 2 heterocycles. The van der Waals surface area contributed by atoms with Crippen molar-refractivity contribution >= 4 is 49.8 Å². The second-order valence-electron chi connectivity index (χ2n) is 10.1. The number of carbonyl (C=O) groups is 2. The van der Waals surface area contributed by atoms with Crippen LogP contribution in [-0.4, -0.2) is 29.9 Å². The number of anilines is 2. The maximum atomic E-state index is 14.2. The highest BCUT2D eigenvalue weighted by Crippen LogP contribution is 2.34. The number of aryl methyl sites for hydroxylation is 2.